The summed E-state index contributed by atoms with van der Waals surface area (Å²) in [6.45, 7) is 1.61. The minimum Gasteiger partial charge on any atom is -0.507 e. The predicted molar refractivity (Wildman–Crippen MR) is 96.7 cm³/mol. The van der Waals surface area contributed by atoms with Gasteiger partial charge in [-0.05, 0) is 42.7 Å². The quantitative estimate of drug-likeness (QED) is 0.797. The fourth-order valence-electron chi connectivity index (χ4n) is 2.84. The summed E-state index contributed by atoms with van der Waals surface area (Å²) in [5, 5.41) is 12.5. The number of ether oxygens (including phenoxy) is 3. The number of phenolic OH excluding ortho intramolecular Hbond substituents is 1. The summed E-state index contributed by atoms with van der Waals surface area (Å²) in [6.07, 6.45) is 2.22. The molecule has 0 aromatic heterocycles. The molecule has 1 aliphatic heterocycles. The Bertz CT molecular complexity index is 756. The van der Waals surface area contributed by atoms with Crippen LogP contribution < -0.4 is 14.8 Å². The van der Waals surface area contributed by atoms with Crippen molar-refractivity contribution >= 4 is 5.91 Å². The SMILES string of the molecule is COc1cc(CNC(=O)c2ccccc2O)ccc1OCC1CCCO1. The molecule has 138 valence electrons. The molecule has 0 saturated carbocycles. The van der Waals surface area contributed by atoms with Crippen LogP contribution in [0.3, 0.4) is 0 Å². The second-order valence-corrected chi connectivity index (χ2v) is 6.13. The van der Waals surface area contributed by atoms with E-state index in [1.165, 1.54) is 6.07 Å². The molecule has 2 aromatic rings. The van der Waals surface area contributed by atoms with E-state index in [-0.39, 0.29) is 23.3 Å². The second kappa shape index (κ2) is 8.58. The van der Waals surface area contributed by atoms with E-state index in [4.69, 9.17) is 14.2 Å². The lowest BCUT2D eigenvalue weighted by Gasteiger charge is -2.15. The first-order chi connectivity index (χ1) is 12.7. The first-order valence-electron chi connectivity index (χ1n) is 8.65. The third kappa shape index (κ3) is 4.46. The van der Waals surface area contributed by atoms with Gasteiger partial charge >= 0.3 is 0 Å². The summed E-state index contributed by atoms with van der Waals surface area (Å²) in [6, 6.07) is 12.0. The maximum absolute atomic E-state index is 12.2. The van der Waals surface area contributed by atoms with Gasteiger partial charge in [-0.25, -0.2) is 0 Å². The van der Waals surface area contributed by atoms with Crippen molar-refractivity contribution in [1.29, 1.82) is 0 Å². The monoisotopic (exact) mass is 357 g/mol. The molecule has 1 aliphatic rings. The van der Waals surface area contributed by atoms with Gasteiger partial charge in [0, 0.05) is 13.2 Å². The summed E-state index contributed by atoms with van der Waals surface area (Å²) >= 11 is 0. The van der Waals surface area contributed by atoms with Crippen molar-refractivity contribution in [2.75, 3.05) is 20.3 Å². The van der Waals surface area contributed by atoms with Gasteiger partial charge in [0.25, 0.3) is 5.91 Å². The highest BCUT2D eigenvalue weighted by molar-refractivity contribution is 5.96. The first kappa shape index (κ1) is 18.1. The van der Waals surface area contributed by atoms with E-state index >= 15 is 0 Å². The van der Waals surface area contributed by atoms with Gasteiger partial charge in [-0.1, -0.05) is 18.2 Å². The molecular weight excluding hydrogens is 334 g/mol. The Kier molecular flexibility index (Phi) is 5.96. The van der Waals surface area contributed by atoms with Gasteiger partial charge in [0.2, 0.25) is 0 Å². The molecule has 1 unspecified atom stereocenters. The number of hydrogen-bond acceptors (Lipinski definition) is 5. The van der Waals surface area contributed by atoms with E-state index in [0.717, 1.165) is 25.0 Å². The number of rotatable bonds is 7. The molecule has 0 bridgehead atoms. The number of phenols is 1. The molecule has 6 nitrogen and oxygen atoms in total. The van der Waals surface area contributed by atoms with E-state index in [1.54, 1.807) is 25.3 Å². The van der Waals surface area contributed by atoms with Crippen molar-refractivity contribution in [3.05, 3.63) is 53.6 Å². The van der Waals surface area contributed by atoms with Gasteiger partial charge in [0.1, 0.15) is 12.4 Å². The van der Waals surface area contributed by atoms with E-state index in [1.807, 2.05) is 18.2 Å². The zero-order valence-electron chi connectivity index (χ0n) is 14.7. The Morgan fingerprint density at radius 1 is 1.27 bits per heavy atom. The van der Waals surface area contributed by atoms with Crippen LogP contribution in [0, 0.1) is 0 Å². The topological polar surface area (TPSA) is 77.0 Å². The van der Waals surface area contributed by atoms with Crippen LogP contribution in [0.4, 0.5) is 0 Å². The highest BCUT2D eigenvalue weighted by Gasteiger charge is 2.17. The number of benzene rings is 2. The highest BCUT2D eigenvalue weighted by atomic mass is 16.5. The lowest BCUT2D eigenvalue weighted by molar-refractivity contribution is 0.0669. The van der Waals surface area contributed by atoms with Crippen molar-refractivity contribution in [2.45, 2.75) is 25.5 Å². The van der Waals surface area contributed by atoms with Crippen LogP contribution in [0.2, 0.25) is 0 Å². The van der Waals surface area contributed by atoms with Crippen molar-refractivity contribution in [1.82, 2.24) is 5.32 Å². The average molecular weight is 357 g/mol. The molecule has 2 aromatic carbocycles. The normalized spacial score (nSPS) is 16.3. The minimum atomic E-state index is -0.333. The Hall–Kier alpha value is -2.73. The van der Waals surface area contributed by atoms with E-state index in [9.17, 15) is 9.90 Å². The van der Waals surface area contributed by atoms with Crippen molar-refractivity contribution < 1.29 is 24.1 Å². The molecule has 0 radical (unpaired) electrons. The van der Waals surface area contributed by atoms with Crippen LogP contribution in [0.1, 0.15) is 28.8 Å². The third-order valence-corrected chi connectivity index (χ3v) is 4.28. The van der Waals surface area contributed by atoms with Gasteiger partial charge < -0.3 is 24.6 Å². The van der Waals surface area contributed by atoms with Crippen LogP contribution in [-0.4, -0.2) is 37.4 Å². The summed E-state index contributed by atoms with van der Waals surface area (Å²) in [5.74, 6) is 0.886. The number of methoxy groups -OCH3 is 1. The van der Waals surface area contributed by atoms with Crippen molar-refractivity contribution in [2.24, 2.45) is 0 Å². The number of hydrogen-bond donors (Lipinski definition) is 2. The van der Waals surface area contributed by atoms with Gasteiger partial charge in [-0.2, -0.15) is 0 Å². The number of nitrogens with one attached hydrogen (secondary N) is 1. The standard InChI is InChI=1S/C20H23NO5/c1-24-19-11-14(8-9-18(19)26-13-15-5-4-10-25-15)12-21-20(23)16-6-2-3-7-17(16)22/h2-3,6-9,11,15,22H,4-5,10,12-13H2,1H3,(H,21,23). The number of para-hydroxylation sites is 1. The lowest BCUT2D eigenvalue weighted by atomic mass is 10.1. The van der Waals surface area contributed by atoms with Crippen LogP contribution in [0.25, 0.3) is 0 Å². The molecule has 1 heterocycles. The number of aromatic hydroxyl groups is 1. The van der Waals surface area contributed by atoms with Gasteiger partial charge in [-0.3, -0.25) is 4.79 Å². The molecular formula is C20H23NO5. The van der Waals surface area contributed by atoms with Crippen LogP contribution in [0.15, 0.2) is 42.5 Å². The maximum Gasteiger partial charge on any atom is 0.255 e. The maximum atomic E-state index is 12.2. The van der Waals surface area contributed by atoms with Crippen LogP contribution in [-0.2, 0) is 11.3 Å². The summed E-state index contributed by atoms with van der Waals surface area (Å²) < 4.78 is 16.8. The predicted octanol–water partition coefficient (Wildman–Crippen LogP) is 2.89. The average Bonchev–Trinajstić information content (AvgIpc) is 3.18. The molecule has 1 atom stereocenters. The molecule has 0 spiro atoms. The van der Waals surface area contributed by atoms with E-state index < -0.39 is 0 Å². The smallest absolute Gasteiger partial charge is 0.255 e. The van der Waals surface area contributed by atoms with Gasteiger partial charge in [0.05, 0.1) is 18.8 Å². The fraction of sp³-hybridized carbons (Fsp3) is 0.350. The van der Waals surface area contributed by atoms with Gasteiger partial charge in [0.15, 0.2) is 11.5 Å². The molecule has 1 fully saturated rings. The molecule has 2 N–H and O–H groups in total. The van der Waals surface area contributed by atoms with E-state index in [2.05, 4.69) is 5.32 Å². The number of carbonyl (C=O) groups is 1. The molecule has 1 amide bonds. The number of carbonyl (C=O) groups excluding carboxylic acids is 1. The fourth-order valence-corrected chi connectivity index (χ4v) is 2.84. The highest BCUT2D eigenvalue weighted by Crippen LogP contribution is 2.29. The van der Waals surface area contributed by atoms with Gasteiger partial charge in [-0.15, -0.1) is 0 Å². The lowest BCUT2D eigenvalue weighted by Crippen LogP contribution is -2.22. The van der Waals surface area contributed by atoms with Crippen LogP contribution in [0.5, 0.6) is 17.2 Å². The van der Waals surface area contributed by atoms with E-state index in [0.29, 0.717) is 24.7 Å². The summed E-state index contributed by atoms with van der Waals surface area (Å²) in [7, 11) is 1.58. The zero-order valence-corrected chi connectivity index (χ0v) is 14.7. The zero-order chi connectivity index (χ0) is 18.4. The molecule has 26 heavy (non-hydrogen) atoms. The molecule has 1 saturated heterocycles. The van der Waals surface area contributed by atoms with Crippen molar-refractivity contribution in [3.8, 4) is 17.2 Å². The Morgan fingerprint density at radius 3 is 2.85 bits per heavy atom. The minimum absolute atomic E-state index is 0.0412. The number of amides is 1. The Morgan fingerprint density at radius 2 is 2.12 bits per heavy atom. The Labute approximate surface area is 152 Å². The summed E-state index contributed by atoms with van der Waals surface area (Å²) in [4.78, 5) is 12.2. The largest absolute Gasteiger partial charge is 0.507 e. The van der Waals surface area contributed by atoms with Crippen molar-refractivity contribution in [3.63, 3.8) is 0 Å². The summed E-state index contributed by atoms with van der Waals surface area (Å²) in [5.41, 5.74) is 1.12. The molecule has 0 aliphatic carbocycles. The first-order valence-corrected chi connectivity index (χ1v) is 8.65. The third-order valence-electron chi connectivity index (χ3n) is 4.28. The molecule has 3 rings (SSSR count). The second-order valence-electron chi connectivity index (χ2n) is 6.13. The Balaban J connectivity index is 1.59. The van der Waals surface area contributed by atoms with Crippen LogP contribution >= 0.6 is 0 Å². The molecule has 6 heteroatoms.